The highest BCUT2D eigenvalue weighted by molar-refractivity contribution is 6.07. The van der Waals surface area contributed by atoms with Crippen LogP contribution in [-0.4, -0.2) is 34.7 Å². The molecule has 0 atom stereocenters. The van der Waals surface area contributed by atoms with Crippen LogP contribution in [0, 0.1) is 13.8 Å². The normalized spacial score (nSPS) is 11.4. The fourth-order valence-corrected chi connectivity index (χ4v) is 4.88. The molecule has 2 aromatic heterocycles. The second-order valence-corrected chi connectivity index (χ2v) is 9.71. The number of methoxy groups -OCH3 is 2. The first-order valence-corrected chi connectivity index (χ1v) is 12.5. The van der Waals surface area contributed by atoms with Crippen molar-refractivity contribution in [3.05, 3.63) is 81.6 Å². The topological polar surface area (TPSA) is 93.5 Å². The van der Waals surface area contributed by atoms with E-state index in [1.807, 2.05) is 82.3 Å². The second kappa shape index (κ2) is 9.78. The van der Waals surface area contributed by atoms with Crippen molar-refractivity contribution in [2.24, 2.45) is 0 Å². The fraction of sp³-hybridized carbons (Fsp3) is 0.267. The Labute approximate surface area is 221 Å². The van der Waals surface area contributed by atoms with Gasteiger partial charge in [0.2, 0.25) is 0 Å². The maximum atomic E-state index is 14.1. The van der Waals surface area contributed by atoms with Crippen LogP contribution >= 0.6 is 0 Å². The predicted octanol–water partition coefficient (Wildman–Crippen LogP) is 5.39. The van der Waals surface area contributed by atoms with E-state index in [1.54, 1.807) is 23.5 Å². The Balaban J connectivity index is 1.79. The molecule has 5 rings (SSSR count). The van der Waals surface area contributed by atoms with Crippen LogP contribution in [0.1, 0.15) is 30.5 Å². The lowest BCUT2D eigenvalue weighted by Crippen LogP contribution is -2.22. The zero-order chi connectivity index (χ0) is 27.1. The van der Waals surface area contributed by atoms with Crippen LogP contribution in [0.3, 0.4) is 0 Å². The molecule has 0 radical (unpaired) electrons. The SMILES string of the molecule is COc1ccc(Cn2c(=O)c3c(N)n(-c4cc(OC)c(C)cc4C)nc3c3ccc(OC(C)C)cc32)cc1. The maximum absolute atomic E-state index is 14.1. The van der Waals surface area contributed by atoms with E-state index < -0.39 is 0 Å². The Bertz CT molecular complexity index is 1720. The summed E-state index contributed by atoms with van der Waals surface area (Å²) in [6, 6.07) is 17.3. The molecule has 0 aliphatic heterocycles. The highest BCUT2D eigenvalue weighted by atomic mass is 16.5. The van der Waals surface area contributed by atoms with Gasteiger partial charge in [-0.3, -0.25) is 4.79 Å². The van der Waals surface area contributed by atoms with Crippen LogP contribution in [0.25, 0.3) is 27.5 Å². The quantitative estimate of drug-likeness (QED) is 0.314. The Morgan fingerprint density at radius 1 is 0.921 bits per heavy atom. The molecule has 0 saturated carbocycles. The standard InChI is InChI=1S/C30H32N4O4/c1-17(2)38-22-11-12-23-25(14-22)33(16-20-7-9-21(36-5)10-8-20)30(35)27-28(23)32-34(29(27)31)24-15-26(37-6)19(4)13-18(24)3/h7-15,17H,16,31H2,1-6H3. The number of aryl methyl sites for hydroxylation is 2. The zero-order valence-electron chi connectivity index (χ0n) is 22.5. The molecule has 0 spiro atoms. The zero-order valence-corrected chi connectivity index (χ0v) is 22.5. The summed E-state index contributed by atoms with van der Waals surface area (Å²) in [5.41, 5.74) is 11.4. The molecule has 2 heterocycles. The lowest BCUT2D eigenvalue weighted by atomic mass is 10.1. The van der Waals surface area contributed by atoms with E-state index in [9.17, 15) is 4.79 Å². The summed E-state index contributed by atoms with van der Waals surface area (Å²) in [6.07, 6.45) is -0.00714. The summed E-state index contributed by atoms with van der Waals surface area (Å²) in [7, 11) is 3.26. The van der Waals surface area contributed by atoms with E-state index in [-0.39, 0.29) is 17.5 Å². The summed E-state index contributed by atoms with van der Waals surface area (Å²) in [6.45, 7) is 8.27. The summed E-state index contributed by atoms with van der Waals surface area (Å²) < 4.78 is 20.2. The van der Waals surface area contributed by atoms with E-state index in [0.717, 1.165) is 44.8 Å². The molecule has 0 aliphatic rings. The van der Waals surface area contributed by atoms with Crippen LogP contribution < -0.4 is 25.5 Å². The van der Waals surface area contributed by atoms with Crippen molar-refractivity contribution in [3.8, 4) is 22.9 Å². The number of fused-ring (bicyclic) bond motifs is 3. The van der Waals surface area contributed by atoms with Gasteiger partial charge in [-0.2, -0.15) is 5.10 Å². The molecule has 0 fully saturated rings. The van der Waals surface area contributed by atoms with Gasteiger partial charge in [0.15, 0.2) is 0 Å². The lowest BCUT2D eigenvalue weighted by Gasteiger charge is -2.15. The molecule has 8 nitrogen and oxygen atoms in total. The molecule has 0 unspecified atom stereocenters. The number of anilines is 1. The van der Waals surface area contributed by atoms with Crippen molar-refractivity contribution in [1.82, 2.24) is 14.3 Å². The number of nitrogens with two attached hydrogens (primary N) is 1. The Morgan fingerprint density at radius 3 is 2.29 bits per heavy atom. The van der Waals surface area contributed by atoms with Gasteiger partial charge in [0.05, 0.1) is 38.1 Å². The molecule has 196 valence electrons. The van der Waals surface area contributed by atoms with Crippen molar-refractivity contribution in [1.29, 1.82) is 0 Å². The smallest absolute Gasteiger partial charge is 0.264 e. The minimum atomic E-state index is -0.217. The third kappa shape index (κ3) is 4.32. The average molecular weight is 513 g/mol. The fourth-order valence-electron chi connectivity index (χ4n) is 4.88. The molecule has 3 aromatic carbocycles. The first-order chi connectivity index (χ1) is 18.2. The van der Waals surface area contributed by atoms with Gasteiger partial charge < -0.3 is 24.5 Å². The average Bonchev–Trinajstić information content (AvgIpc) is 3.23. The monoisotopic (exact) mass is 512 g/mol. The van der Waals surface area contributed by atoms with E-state index >= 15 is 0 Å². The van der Waals surface area contributed by atoms with Gasteiger partial charge in [0, 0.05) is 17.5 Å². The van der Waals surface area contributed by atoms with Crippen molar-refractivity contribution in [3.63, 3.8) is 0 Å². The van der Waals surface area contributed by atoms with Crippen LogP contribution in [0.4, 0.5) is 5.82 Å². The third-order valence-corrected chi connectivity index (χ3v) is 6.71. The molecule has 38 heavy (non-hydrogen) atoms. The number of benzene rings is 3. The number of ether oxygens (including phenoxy) is 3. The number of rotatable bonds is 7. The number of pyridine rings is 1. The van der Waals surface area contributed by atoms with Crippen LogP contribution in [0.5, 0.6) is 17.2 Å². The number of nitrogens with zero attached hydrogens (tertiary/aromatic N) is 3. The van der Waals surface area contributed by atoms with Crippen molar-refractivity contribution in [2.75, 3.05) is 20.0 Å². The second-order valence-electron chi connectivity index (χ2n) is 9.71. The Hall–Kier alpha value is -4.46. The first-order valence-electron chi connectivity index (χ1n) is 12.5. The van der Waals surface area contributed by atoms with Crippen LogP contribution in [0.15, 0.2) is 59.4 Å². The van der Waals surface area contributed by atoms with E-state index in [4.69, 9.17) is 25.0 Å². The molecule has 0 aliphatic carbocycles. The van der Waals surface area contributed by atoms with Crippen molar-refractivity contribution >= 4 is 27.6 Å². The van der Waals surface area contributed by atoms with Crippen LogP contribution in [0.2, 0.25) is 0 Å². The highest BCUT2D eigenvalue weighted by Gasteiger charge is 2.21. The highest BCUT2D eigenvalue weighted by Crippen LogP contribution is 2.33. The molecule has 0 bridgehead atoms. The van der Waals surface area contributed by atoms with Crippen molar-refractivity contribution < 1.29 is 14.2 Å². The van der Waals surface area contributed by atoms with Gasteiger partial charge in [0.25, 0.3) is 5.56 Å². The van der Waals surface area contributed by atoms with E-state index in [1.165, 1.54) is 0 Å². The third-order valence-electron chi connectivity index (χ3n) is 6.71. The minimum Gasteiger partial charge on any atom is -0.497 e. The number of hydrogen-bond donors (Lipinski definition) is 1. The Kier molecular flexibility index (Phi) is 6.48. The lowest BCUT2D eigenvalue weighted by molar-refractivity contribution is 0.242. The van der Waals surface area contributed by atoms with Gasteiger partial charge in [0.1, 0.15) is 34.0 Å². The number of hydrogen-bond acceptors (Lipinski definition) is 6. The summed E-state index contributed by atoms with van der Waals surface area (Å²) in [4.78, 5) is 14.1. The Morgan fingerprint density at radius 2 is 1.63 bits per heavy atom. The number of nitrogen functional groups attached to an aromatic ring is 1. The first kappa shape index (κ1) is 25.2. The molecular weight excluding hydrogens is 480 g/mol. The molecule has 5 aromatic rings. The molecule has 0 amide bonds. The molecule has 0 saturated heterocycles. The van der Waals surface area contributed by atoms with Crippen LogP contribution in [-0.2, 0) is 6.54 Å². The molecular formula is C30H32N4O4. The molecule has 8 heteroatoms. The van der Waals surface area contributed by atoms with Gasteiger partial charge in [-0.25, -0.2) is 4.68 Å². The summed E-state index contributed by atoms with van der Waals surface area (Å²) >= 11 is 0. The number of aromatic nitrogens is 3. The van der Waals surface area contributed by atoms with Gasteiger partial charge in [-0.15, -0.1) is 0 Å². The van der Waals surface area contributed by atoms with Gasteiger partial charge >= 0.3 is 0 Å². The van der Waals surface area contributed by atoms with Gasteiger partial charge in [-0.1, -0.05) is 18.2 Å². The minimum absolute atomic E-state index is 0.00714. The van der Waals surface area contributed by atoms with Gasteiger partial charge in [-0.05, 0) is 68.7 Å². The maximum Gasteiger partial charge on any atom is 0.264 e. The summed E-state index contributed by atoms with van der Waals surface area (Å²) in [5.74, 6) is 2.44. The van der Waals surface area contributed by atoms with E-state index in [0.29, 0.717) is 23.2 Å². The predicted molar refractivity (Wildman–Crippen MR) is 151 cm³/mol. The largest absolute Gasteiger partial charge is 0.497 e. The summed E-state index contributed by atoms with van der Waals surface area (Å²) in [5, 5.41) is 6.05. The van der Waals surface area contributed by atoms with Crippen molar-refractivity contribution in [2.45, 2.75) is 40.3 Å². The van der Waals surface area contributed by atoms with E-state index in [2.05, 4.69) is 0 Å². The molecule has 2 N–H and O–H groups in total.